The minimum atomic E-state index is -0.581. The van der Waals surface area contributed by atoms with Crippen molar-refractivity contribution in [2.75, 3.05) is 20.3 Å². The molecule has 2 aromatic carbocycles. The van der Waals surface area contributed by atoms with Crippen molar-refractivity contribution in [1.82, 2.24) is 5.32 Å². The van der Waals surface area contributed by atoms with Gasteiger partial charge in [-0.3, -0.25) is 4.79 Å². The van der Waals surface area contributed by atoms with E-state index < -0.39 is 5.97 Å². The number of rotatable bonds is 7. The zero-order valence-corrected chi connectivity index (χ0v) is 14.0. The second kappa shape index (κ2) is 8.93. The second-order valence-corrected chi connectivity index (χ2v) is 5.47. The fourth-order valence-corrected chi connectivity index (χ4v) is 2.21. The minimum Gasteiger partial charge on any atom is -0.497 e. The molecule has 0 saturated heterocycles. The Morgan fingerprint density at radius 1 is 1.12 bits per heavy atom. The molecular weight excluding hydrogens is 330 g/mol. The first-order chi connectivity index (χ1) is 11.6. The van der Waals surface area contributed by atoms with Crippen LogP contribution < -0.4 is 10.1 Å². The highest BCUT2D eigenvalue weighted by Gasteiger charge is 2.10. The molecule has 1 amide bonds. The molecule has 0 unspecified atom stereocenters. The van der Waals surface area contributed by atoms with E-state index in [-0.39, 0.29) is 12.5 Å². The molecule has 5 nitrogen and oxygen atoms in total. The number of hydrogen-bond donors (Lipinski definition) is 1. The molecule has 0 heterocycles. The predicted octanol–water partition coefficient (Wildman–Crippen LogP) is 2.86. The molecule has 0 aliphatic heterocycles. The van der Waals surface area contributed by atoms with Gasteiger partial charge in [0.2, 0.25) is 0 Å². The summed E-state index contributed by atoms with van der Waals surface area (Å²) in [6.07, 6.45) is 0.679. The van der Waals surface area contributed by atoms with E-state index in [9.17, 15) is 9.59 Å². The average Bonchev–Trinajstić information content (AvgIpc) is 2.60. The number of esters is 1. The second-order valence-electron chi connectivity index (χ2n) is 5.03. The zero-order valence-electron chi connectivity index (χ0n) is 13.3. The van der Waals surface area contributed by atoms with Crippen LogP contribution >= 0.6 is 11.6 Å². The van der Waals surface area contributed by atoms with Crippen LogP contribution in [-0.4, -0.2) is 32.1 Å². The van der Waals surface area contributed by atoms with Crippen molar-refractivity contribution in [3.63, 3.8) is 0 Å². The largest absolute Gasteiger partial charge is 0.497 e. The maximum atomic E-state index is 11.8. The lowest BCUT2D eigenvalue weighted by Crippen LogP contribution is -2.30. The van der Waals surface area contributed by atoms with E-state index in [0.29, 0.717) is 23.6 Å². The van der Waals surface area contributed by atoms with Gasteiger partial charge in [-0.1, -0.05) is 29.8 Å². The standard InChI is InChI=1S/C18H18ClNO4/c1-23-16-7-5-13(6-8-16)9-10-20-17(21)12-24-18(22)14-3-2-4-15(19)11-14/h2-8,11H,9-10,12H2,1H3,(H,20,21). The third-order valence-corrected chi connectivity index (χ3v) is 3.52. The monoisotopic (exact) mass is 347 g/mol. The van der Waals surface area contributed by atoms with Gasteiger partial charge in [0.05, 0.1) is 12.7 Å². The molecule has 6 heteroatoms. The molecule has 0 fully saturated rings. The fraction of sp³-hybridized carbons (Fsp3) is 0.222. The SMILES string of the molecule is COc1ccc(CCNC(=O)COC(=O)c2cccc(Cl)c2)cc1. The van der Waals surface area contributed by atoms with E-state index in [1.54, 1.807) is 25.3 Å². The Labute approximate surface area is 145 Å². The number of carbonyl (C=O) groups excluding carboxylic acids is 2. The summed E-state index contributed by atoms with van der Waals surface area (Å²) in [5.41, 5.74) is 1.39. The van der Waals surface area contributed by atoms with Gasteiger partial charge in [-0.05, 0) is 42.3 Å². The number of halogens is 1. The highest BCUT2D eigenvalue weighted by molar-refractivity contribution is 6.30. The highest BCUT2D eigenvalue weighted by atomic mass is 35.5. The van der Waals surface area contributed by atoms with Crippen molar-refractivity contribution < 1.29 is 19.1 Å². The molecular formula is C18H18ClNO4. The van der Waals surface area contributed by atoms with E-state index >= 15 is 0 Å². The molecule has 0 aromatic heterocycles. The third-order valence-electron chi connectivity index (χ3n) is 3.29. The molecule has 0 radical (unpaired) electrons. The van der Waals surface area contributed by atoms with Gasteiger partial charge in [0, 0.05) is 11.6 Å². The van der Waals surface area contributed by atoms with Crippen LogP contribution in [0.2, 0.25) is 5.02 Å². The Kier molecular flexibility index (Phi) is 6.63. The molecule has 0 spiro atoms. The van der Waals surface area contributed by atoms with Gasteiger partial charge in [0.1, 0.15) is 5.75 Å². The van der Waals surface area contributed by atoms with Crippen LogP contribution in [0.3, 0.4) is 0 Å². The molecule has 0 saturated carbocycles. The maximum absolute atomic E-state index is 11.8. The van der Waals surface area contributed by atoms with Crippen molar-refractivity contribution in [3.8, 4) is 5.75 Å². The first-order valence-electron chi connectivity index (χ1n) is 7.41. The summed E-state index contributed by atoms with van der Waals surface area (Å²) in [7, 11) is 1.61. The van der Waals surface area contributed by atoms with Gasteiger partial charge in [0.25, 0.3) is 5.91 Å². The van der Waals surface area contributed by atoms with Crippen molar-refractivity contribution in [2.45, 2.75) is 6.42 Å². The number of ether oxygens (including phenoxy) is 2. The number of benzene rings is 2. The summed E-state index contributed by atoms with van der Waals surface area (Å²) in [6, 6.07) is 14.0. The normalized spacial score (nSPS) is 10.1. The Hall–Kier alpha value is -2.53. The Balaban J connectivity index is 1.70. The Morgan fingerprint density at radius 3 is 2.54 bits per heavy atom. The van der Waals surface area contributed by atoms with E-state index in [0.717, 1.165) is 11.3 Å². The number of methoxy groups -OCH3 is 1. The summed E-state index contributed by atoms with van der Waals surface area (Å²) in [5.74, 6) is -0.141. The molecule has 0 aliphatic rings. The van der Waals surface area contributed by atoms with Gasteiger partial charge in [0.15, 0.2) is 6.61 Å². The van der Waals surface area contributed by atoms with Crippen LogP contribution in [0.25, 0.3) is 0 Å². The minimum absolute atomic E-state index is 0.313. The number of carbonyl (C=O) groups is 2. The van der Waals surface area contributed by atoms with E-state index in [1.807, 2.05) is 24.3 Å². The van der Waals surface area contributed by atoms with Crippen molar-refractivity contribution >= 4 is 23.5 Å². The quantitative estimate of drug-likeness (QED) is 0.782. The van der Waals surface area contributed by atoms with Gasteiger partial charge in [-0.25, -0.2) is 4.79 Å². The zero-order chi connectivity index (χ0) is 17.4. The lowest BCUT2D eigenvalue weighted by atomic mass is 10.1. The Bertz CT molecular complexity index is 700. The molecule has 126 valence electrons. The number of amides is 1. The van der Waals surface area contributed by atoms with Crippen LogP contribution in [0, 0.1) is 0 Å². The topological polar surface area (TPSA) is 64.6 Å². The van der Waals surface area contributed by atoms with Crippen molar-refractivity contribution in [2.24, 2.45) is 0 Å². The first-order valence-corrected chi connectivity index (χ1v) is 7.78. The van der Waals surface area contributed by atoms with Gasteiger partial charge in [-0.2, -0.15) is 0 Å². The van der Waals surface area contributed by atoms with Gasteiger partial charge in [-0.15, -0.1) is 0 Å². The van der Waals surface area contributed by atoms with Crippen molar-refractivity contribution in [3.05, 3.63) is 64.7 Å². The third kappa shape index (κ3) is 5.59. The van der Waals surface area contributed by atoms with Gasteiger partial charge >= 0.3 is 5.97 Å². The lowest BCUT2D eigenvalue weighted by Gasteiger charge is -2.07. The van der Waals surface area contributed by atoms with E-state index in [1.165, 1.54) is 6.07 Å². The maximum Gasteiger partial charge on any atom is 0.338 e. The smallest absolute Gasteiger partial charge is 0.338 e. The molecule has 2 aromatic rings. The Morgan fingerprint density at radius 2 is 1.88 bits per heavy atom. The summed E-state index contributed by atoms with van der Waals surface area (Å²) >= 11 is 5.80. The average molecular weight is 348 g/mol. The van der Waals surface area contributed by atoms with Gasteiger partial charge < -0.3 is 14.8 Å². The molecule has 24 heavy (non-hydrogen) atoms. The van der Waals surface area contributed by atoms with Crippen LogP contribution in [0.1, 0.15) is 15.9 Å². The number of hydrogen-bond acceptors (Lipinski definition) is 4. The van der Waals surface area contributed by atoms with Crippen LogP contribution in [0.4, 0.5) is 0 Å². The van der Waals surface area contributed by atoms with Crippen LogP contribution in [0.15, 0.2) is 48.5 Å². The number of nitrogens with one attached hydrogen (secondary N) is 1. The molecule has 1 N–H and O–H groups in total. The molecule has 2 rings (SSSR count). The summed E-state index contributed by atoms with van der Waals surface area (Å²) in [5, 5.41) is 3.14. The predicted molar refractivity (Wildman–Crippen MR) is 91.4 cm³/mol. The fourth-order valence-electron chi connectivity index (χ4n) is 2.02. The highest BCUT2D eigenvalue weighted by Crippen LogP contribution is 2.12. The summed E-state index contributed by atoms with van der Waals surface area (Å²) < 4.78 is 10.0. The summed E-state index contributed by atoms with van der Waals surface area (Å²) in [4.78, 5) is 23.5. The molecule has 0 bridgehead atoms. The van der Waals surface area contributed by atoms with Crippen LogP contribution in [0.5, 0.6) is 5.75 Å². The molecule has 0 atom stereocenters. The van der Waals surface area contributed by atoms with Crippen LogP contribution in [-0.2, 0) is 16.0 Å². The van der Waals surface area contributed by atoms with Crippen molar-refractivity contribution in [1.29, 1.82) is 0 Å². The van der Waals surface area contributed by atoms with E-state index in [4.69, 9.17) is 21.1 Å². The summed E-state index contributed by atoms with van der Waals surface area (Å²) in [6.45, 7) is 0.133. The van der Waals surface area contributed by atoms with E-state index in [2.05, 4.69) is 5.32 Å². The molecule has 0 aliphatic carbocycles. The first kappa shape index (κ1) is 17.8. The lowest BCUT2D eigenvalue weighted by molar-refractivity contribution is -0.124.